The van der Waals surface area contributed by atoms with Gasteiger partial charge in [0.15, 0.2) is 0 Å². The molecule has 0 heterocycles. The van der Waals surface area contributed by atoms with E-state index in [2.05, 4.69) is 0 Å². The van der Waals surface area contributed by atoms with E-state index in [1.807, 2.05) is 187 Å². The van der Waals surface area contributed by atoms with Gasteiger partial charge in [0, 0.05) is 4.60 Å². The van der Waals surface area contributed by atoms with Gasteiger partial charge >= 0.3 is 25.1 Å². The van der Waals surface area contributed by atoms with Crippen LogP contribution in [0.15, 0.2) is 150 Å². The van der Waals surface area contributed by atoms with Gasteiger partial charge in [-0.25, -0.2) is 0 Å². The normalized spacial score (nSPS) is 11.6. The van der Waals surface area contributed by atoms with E-state index in [0.717, 1.165) is 33.4 Å². The molecule has 0 N–H and O–H groups in total. The van der Waals surface area contributed by atoms with E-state index in [1.165, 1.54) is 0 Å². The van der Waals surface area contributed by atoms with Crippen LogP contribution in [-0.2, 0) is 0 Å². The predicted molar refractivity (Wildman–Crippen MR) is 217 cm³/mol. The third-order valence-corrected chi connectivity index (χ3v) is 12.6. The fourth-order valence-corrected chi connectivity index (χ4v) is 9.37. The van der Waals surface area contributed by atoms with Gasteiger partial charge in [0.2, 0.25) is 0 Å². The van der Waals surface area contributed by atoms with E-state index < -0.39 is 25.1 Å². The fourth-order valence-electron chi connectivity index (χ4n) is 4.62. The Bertz CT molecular complexity index is 1980. The van der Waals surface area contributed by atoms with Gasteiger partial charge in [0.05, 0.1) is 0 Å². The third-order valence-electron chi connectivity index (χ3n) is 7.73. The number of rotatable bonds is 15. The van der Waals surface area contributed by atoms with Crippen molar-refractivity contribution >= 4 is 25.1 Å². The molecule has 1 atom stereocenters. The summed E-state index contributed by atoms with van der Waals surface area (Å²) < 4.78 is 40.1. The molecule has 272 valence electrons. The molecule has 6 aromatic carbocycles. The Balaban J connectivity index is 1.50. The molecule has 8 nitrogen and oxygen atoms in total. The summed E-state index contributed by atoms with van der Waals surface area (Å²) in [7, 11) is -6.74. The summed E-state index contributed by atoms with van der Waals surface area (Å²) in [6.45, 7) is 12.2. The van der Waals surface area contributed by atoms with Gasteiger partial charge < -0.3 is 27.5 Å². The Morgan fingerprint density at radius 2 is 0.660 bits per heavy atom. The first-order valence-corrected chi connectivity index (χ1v) is 20.7. The van der Waals surface area contributed by atoms with E-state index in [0.29, 0.717) is 34.5 Å². The molecule has 6 rings (SSSR count). The minimum Gasteiger partial charge on any atom is -0.437 e. The van der Waals surface area contributed by atoms with Gasteiger partial charge in [-0.2, -0.15) is 4.52 Å². The van der Waals surface area contributed by atoms with Crippen molar-refractivity contribution in [2.75, 3.05) is 0 Å². The standard InChI is InChI=1S/C42H43N2O6P3/c1-31-7-19-37(20-8-31)45-44(53(49-41-27-15-35(5)16-28-41)50-42-29-17-36(6)18-30-42)51(46-38-21-9-32(2)10-22-38)43-52(47-39-23-11-33(3)12-24-39)48-40-25-13-34(4)14-26-40/h7-30,52H,1-6H3. The Labute approximate surface area is 315 Å². The van der Waals surface area contributed by atoms with Crippen molar-refractivity contribution in [3.63, 3.8) is 0 Å². The first kappa shape index (κ1) is 37.9. The minimum absolute atomic E-state index is 0.547. The van der Waals surface area contributed by atoms with Gasteiger partial charge in [-0.1, -0.05) is 106 Å². The van der Waals surface area contributed by atoms with Crippen molar-refractivity contribution in [3.8, 4) is 34.5 Å². The van der Waals surface area contributed by atoms with E-state index in [9.17, 15) is 0 Å². The highest BCUT2D eigenvalue weighted by Crippen LogP contribution is 2.61. The van der Waals surface area contributed by atoms with Crippen LogP contribution in [0.3, 0.4) is 0 Å². The average Bonchev–Trinajstić information content (AvgIpc) is 3.15. The highest BCUT2D eigenvalue weighted by Gasteiger charge is 2.40. The molecule has 0 saturated carbocycles. The number of hydrogen-bond donors (Lipinski definition) is 0. The quantitative estimate of drug-likeness (QED) is 0.0761. The zero-order chi connectivity index (χ0) is 37.2. The molecule has 0 fully saturated rings. The maximum atomic E-state index is 6.79. The van der Waals surface area contributed by atoms with Gasteiger partial charge in [0.25, 0.3) is 0 Å². The van der Waals surface area contributed by atoms with Crippen molar-refractivity contribution in [2.24, 2.45) is 4.52 Å². The SMILES string of the molecule is Cc1ccc(ON(P(N=[PH](Oc2ccc(C)cc2)Oc2ccc(C)cc2)Oc2ccc(C)cc2)P(Oc2ccc(C)cc2)Oc2ccc(C)cc2)cc1. The second-order valence-electron chi connectivity index (χ2n) is 12.6. The molecule has 0 spiro atoms. The summed E-state index contributed by atoms with van der Waals surface area (Å²) in [5, 5.41) is 0. The average molecular weight is 765 g/mol. The van der Waals surface area contributed by atoms with Crippen molar-refractivity contribution in [1.82, 2.24) is 4.60 Å². The molecule has 0 aliphatic carbocycles. The molecular weight excluding hydrogens is 721 g/mol. The first-order chi connectivity index (χ1) is 25.6. The fraction of sp³-hybridized carbons (Fsp3) is 0.143. The molecule has 0 saturated heterocycles. The summed E-state index contributed by atoms with van der Waals surface area (Å²) in [5.41, 5.74) is 6.60. The molecule has 0 bridgehead atoms. The van der Waals surface area contributed by atoms with E-state index >= 15 is 0 Å². The first-order valence-electron chi connectivity index (χ1n) is 17.1. The van der Waals surface area contributed by atoms with Crippen LogP contribution in [-0.4, -0.2) is 4.60 Å². The van der Waals surface area contributed by atoms with Crippen LogP contribution in [0.5, 0.6) is 34.5 Å². The van der Waals surface area contributed by atoms with Crippen molar-refractivity contribution in [2.45, 2.75) is 41.5 Å². The molecule has 53 heavy (non-hydrogen) atoms. The van der Waals surface area contributed by atoms with Crippen molar-refractivity contribution in [1.29, 1.82) is 0 Å². The molecule has 0 amide bonds. The Hall–Kier alpha value is -4.83. The lowest BCUT2D eigenvalue weighted by atomic mass is 10.2. The molecule has 1 unspecified atom stereocenters. The maximum Gasteiger partial charge on any atom is 0.429 e. The van der Waals surface area contributed by atoms with Gasteiger partial charge in [-0.3, -0.25) is 0 Å². The van der Waals surface area contributed by atoms with Gasteiger partial charge in [-0.15, -0.1) is 0 Å². The minimum atomic E-state index is -2.52. The van der Waals surface area contributed by atoms with Crippen LogP contribution in [0.25, 0.3) is 0 Å². The Kier molecular flexibility index (Phi) is 13.1. The summed E-state index contributed by atoms with van der Waals surface area (Å²) in [6.07, 6.45) is 0. The lowest BCUT2D eigenvalue weighted by Gasteiger charge is -2.31. The lowest BCUT2D eigenvalue weighted by molar-refractivity contribution is 0.108. The molecule has 11 heteroatoms. The molecule has 0 aromatic heterocycles. The monoisotopic (exact) mass is 764 g/mol. The maximum absolute atomic E-state index is 6.79. The Morgan fingerprint density at radius 3 is 1.00 bits per heavy atom. The molecule has 6 aromatic rings. The summed E-state index contributed by atoms with van der Waals surface area (Å²) in [4.78, 5) is 6.74. The summed E-state index contributed by atoms with van der Waals surface area (Å²) in [6, 6.07) is 46.7. The van der Waals surface area contributed by atoms with Crippen LogP contribution < -0.4 is 27.5 Å². The van der Waals surface area contributed by atoms with Crippen molar-refractivity contribution < 1.29 is 27.5 Å². The van der Waals surface area contributed by atoms with Gasteiger partial charge in [-0.05, 0) is 114 Å². The second kappa shape index (κ2) is 18.3. The van der Waals surface area contributed by atoms with Crippen LogP contribution in [0.2, 0.25) is 0 Å². The zero-order valence-electron chi connectivity index (χ0n) is 30.6. The highest BCUT2D eigenvalue weighted by molar-refractivity contribution is 7.65. The smallest absolute Gasteiger partial charge is 0.429 e. The molecule has 0 aliphatic heterocycles. The number of aryl methyl sites for hydroxylation is 6. The predicted octanol–water partition coefficient (Wildman–Crippen LogP) is 13.2. The van der Waals surface area contributed by atoms with E-state index in [1.54, 1.807) is 4.60 Å². The number of benzene rings is 6. The van der Waals surface area contributed by atoms with Crippen LogP contribution >= 0.6 is 25.1 Å². The van der Waals surface area contributed by atoms with Crippen LogP contribution in [0.4, 0.5) is 0 Å². The summed E-state index contributed by atoms with van der Waals surface area (Å²) in [5.74, 6) is 3.54. The highest BCUT2D eigenvalue weighted by atomic mass is 31.2. The number of nitrogens with zero attached hydrogens (tertiary/aromatic N) is 2. The zero-order valence-corrected chi connectivity index (χ0v) is 33.4. The third kappa shape index (κ3) is 11.6. The van der Waals surface area contributed by atoms with E-state index in [4.69, 9.17) is 32.0 Å². The van der Waals surface area contributed by atoms with Crippen LogP contribution in [0, 0.1) is 41.5 Å². The molecule has 0 radical (unpaired) electrons. The Morgan fingerprint density at radius 1 is 0.377 bits per heavy atom. The molecular formula is C42H43N2O6P3. The largest absolute Gasteiger partial charge is 0.437 e. The van der Waals surface area contributed by atoms with Crippen LogP contribution in [0.1, 0.15) is 33.4 Å². The topological polar surface area (TPSA) is 71.0 Å². The molecule has 0 aliphatic rings. The number of hydrogen-bond acceptors (Lipinski definition) is 8. The van der Waals surface area contributed by atoms with Crippen molar-refractivity contribution in [3.05, 3.63) is 179 Å². The van der Waals surface area contributed by atoms with Gasteiger partial charge in [0.1, 0.15) is 34.5 Å². The lowest BCUT2D eigenvalue weighted by Crippen LogP contribution is -2.23. The summed E-state index contributed by atoms with van der Waals surface area (Å²) >= 11 is 0. The second-order valence-corrected chi connectivity index (χ2v) is 16.9. The van der Waals surface area contributed by atoms with E-state index in [-0.39, 0.29) is 0 Å².